The van der Waals surface area contributed by atoms with Crippen LogP contribution in [0.3, 0.4) is 0 Å². The second-order valence-corrected chi connectivity index (χ2v) is 5.72. The Balaban J connectivity index is 1.70. The first-order valence-corrected chi connectivity index (χ1v) is 8.02. The fraction of sp³-hybridized carbons (Fsp3) is 0.0526. The van der Waals surface area contributed by atoms with E-state index in [4.69, 9.17) is 5.73 Å². The first-order chi connectivity index (χ1) is 12.7. The Morgan fingerprint density at radius 3 is 2.62 bits per heavy atom. The highest BCUT2D eigenvalue weighted by Crippen LogP contribution is 2.26. The number of anilines is 1. The van der Waals surface area contributed by atoms with E-state index in [0.29, 0.717) is 11.5 Å². The Hall–Kier alpha value is -3.74. The number of carbonyl (C=O) groups excluding carboxylic acids is 1. The van der Waals surface area contributed by atoms with Gasteiger partial charge >= 0.3 is 0 Å². The van der Waals surface area contributed by atoms with Gasteiger partial charge in [-0.25, -0.2) is 9.61 Å². The molecular weight excluding hydrogens is 330 g/mol. The van der Waals surface area contributed by atoms with Gasteiger partial charge in [0.05, 0.1) is 17.6 Å². The Kier molecular flexibility index (Phi) is 4.03. The summed E-state index contributed by atoms with van der Waals surface area (Å²) in [6, 6.07) is 17.2. The number of hydrogen-bond acceptors (Lipinski definition) is 6. The van der Waals surface area contributed by atoms with Gasteiger partial charge in [0.25, 0.3) is 0 Å². The molecule has 0 aliphatic rings. The number of rotatable bonds is 5. The third-order valence-electron chi connectivity index (χ3n) is 3.96. The third-order valence-corrected chi connectivity index (χ3v) is 3.96. The summed E-state index contributed by atoms with van der Waals surface area (Å²) in [6.07, 6.45) is 3.34. The van der Waals surface area contributed by atoms with Crippen LogP contribution >= 0.6 is 0 Å². The van der Waals surface area contributed by atoms with Gasteiger partial charge in [-0.3, -0.25) is 4.79 Å². The molecule has 0 bridgehead atoms. The lowest BCUT2D eigenvalue weighted by Crippen LogP contribution is -2.09. The largest absolute Gasteiger partial charge is 0.379 e. The molecule has 2 aromatic carbocycles. The molecule has 4 rings (SSSR count). The molecule has 7 nitrogen and oxygen atoms in total. The van der Waals surface area contributed by atoms with Crippen LogP contribution in [0, 0.1) is 0 Å². The number of imidazole rings is 1. The van der Waals surface area contributed by atoms with Crippen LogP contribution in [0.5, 0.6) is 0 Å². The van der Waals surface area contributed by atoms with Crippen molar-refractivity contribution in [1.29, 1.82) is 0 Å². The molecule has 4 aromatic rings. The van der Waals surface area contributed by atoms with E-state index in [1.165, 1.54) is 0 Å². The number of nitrogens with two attached hydrogens (primary N) is 1. The van der Waals surface area contributed by atoms with E-state index < -0.39 is 0 Å². The number of hydrogen-bond donors (Lipinski definition) is 1. The number of aromatic nitrogens is 4. The average Bonchev–Trinajstić information content (AvgIpc) is 3.24. The Morgan fingerprint density at radius 1 is 1.08 bits per heavy atom. The number of allylic oxidation sites excluding steroid dienone is 1. The summed E-state index contributed by atoms with van der Waals surface area (Å²) in [5.41, 5.74) is 8.64. The topological polar surface area (TPSA) is 99.8 Å². The zero-order valence-electron chi connectivity index (χ0n) is 13.7. The molecule has 2 heterocycles. The molecule has 0 aliphatic carbocycles. The number of nitrogens with zero attached hydrogens (tertiary/aromatic N) is 4. The fourth-order valence-corrected chi connectivity index (χ4v) is 2.73. The van der Waals surface area contributed by atoms with E-state index in [2.05, 4.69) is 19.9 Å². The first-order valence-electron chi connectivity index (χ1n) is 8.02. The number of benzene rings is 2. The summed E-state index contributed by atoms with van der Waals surface area (Å²) in [4.78, 5) is 17.0. The molecule has 0 aliphatic heterocycles. The van der Waals surface area contributed by atoms with Crippen LogP contribution in [0.1, 0.15) is 5.56 Å². The normalized spacial score (nSPS) is 11.4. The lowest BCUT2D eigenvalue weighted by atomic mass is 10.2. The maximum atomic E-state index is 12.5. The van der Waals surface area contributed by atoms with Gasteiger partial charge in [0.2, 0.25) is 0 Å². The minimum atomic E-state index is -0.0757. The molecule has 2 aromatic heterocycles. The van der Waals surface area contributed by atoms with Crippen LogP contribution in [0.15, 0.2) is 65.3 Å². The highest BCUT2D eigenvalue weighted by molar-refractivity contribution is 5.95. The summed E-state index contributed by atoms with van der Waals surface area (Å²) < 4.78 is 6.45. The molecule has 2 N–H and O–H groups in total. The predicted octanol–water partition coefficient (Wildman–Crippen LogP) is 2.95. The Morgan fingerprint density at radius 2 is 1.85 bits per heavy atom. The van der Waals surface area contributed by atoms with Gasteiger partial charge < -0.3 is 10.3 Å². The van der Waals surface area contributed by atoms with Crippen LogP contribution in [0.2, 0.25) is 0 Å². The van der Waals surface area contributed by atoms with E-state index in [9.17, 15) is 4.79 Å². The van der Waals surface area contributed by atoms with Crippen LogP contribution < -0.4 is 5.73 Å². The van der Waals surface area contributed by atoms with Gasteiger partial charge in [0.15, 0.2) is 23.1 Å². The van der Waals surface area contributed by atoms with Gasteiger partial charge in [-0.15, -0.1) is 0 Å². The highest BCUT2D eigenvalue weighted by atomic mass is 16.6. The minimum Gasteiger partial charge on any atom is -0.379 e. The minimum absolute atomic E-state index is 0.0757. The Bertz CT molecular complexity index is 1100. The zero-order valence-corrected chi connectivity index (χ0v) is 13.7. The van der Waals surface area contributed by atoms with Gasteiger partial charge in [-0.2, -0.15) is 0 Å². The second-order valence-electron chi connectivity index (χ2n) is 5.72. The molecule has 0 saturated heterocycles. The Labute approximate surface area is 148 Å². The van der Waals surface area contributed by atoms with Gasteiger partial charge in [0, 0.05) is 0 Å². The van der Waals surface area contributed by atoms with Crippen LogP contribution in [-0.2, 0) is 11.3 Å². The van der Waals surface area contributed by atoms with Crippen molar-refractivity contribution in [3.63, 3.8) is 0 Å². The van der Waals surface area contributed by atoms with E-state index in [1.54, 1.807) is 16.7 Å². The number of ketones is 1. The smallest absolute Gasteiger partial charge is 0.199 e. The van der Waals surface area contributed by atoms with Crippen molar-refractivity contribution < 1.29 is 9.42 Å². The molecule has 0 atom stereocenters. The summed E-state index contributed by atoms with van der Waals surface area (Å²) in [5, 5.41) is 7.42. The molecule has 0 saturated carbocycles. The van der Waals surface area contributed by atoms with Gasteiger partial charge in [-0.05, 0) is 34.1 Å². The van der Waals surface area contributed by atoms with Crippen LogP contribution in [0.4, 0.5) is 5.82 Å². The SMILES string of the molecule is Nc1nonc1-c1nc2ccccc2n1CC(=O)/C=C/c1ccccc1. The molecule has 0 unspecified atom stereocenters. The van der Waals surface area contributed by atoms with Crippen LogP contribution in [0.25, 0.3) is 28.6 Å². The number of fused-ring (bicyclic) bond motifs is 1. The molecular formula is C19H15N5O2. The summed E-state index contributed by atoms with van der Waals surface area (Å²) in [7, 11) is 0. The summed E-state index contributed by atoms with van der Waals surface area (Å²) in [5.74, 6) is 0.508. The van der Waals surface area contributed by atoms with Crippen molar-refractivity contribution in [1.82, 2.24) is 19.9 Å². The standard InChI is InChI=1S/C19H15N5O2/c20-18-17(22-26-23-18)19-21-15-8-4-5-9-16(15)24(19)12-14(25)11-10-13-6-2-1-3-7-13/h1-11H,12H2,(H2,20,23)/b11-10+. The van der Waals surface area contributed by atoms with Crippen molar-refractivity contribution in [2.24, 2.45) is 0 Å². The van der Waals surface area contributed by atoms with E-state index in [-0.39, 0.29) is 18.1 Å². The monoisotopic (exact) mass is 345 g/mol. The van der Waals surface area contributed by atoms with Gasteiger partial charge in [0.1, 0.15) is 0 Å². The number of para-hydroxylation sites is 2. The number of nitrogen functional groups attached to an aromatic ring is 1. The average molecular weight is 345 g/mol. The maximum absolute atomic E-state index is 12.5. The van der Waals surface area contributed by atoms with E-state index in [1.807, 2.05) is 54.6 Å². The van der Waals surface area contributed by atoms with Crippen molar-refractivity contribution in [3.05, 3.63) is 66.2 Å². The number of carbonyl (C=O) groups is 1. The van der Waals surface area contributed by atoms with E-state index in [0.717, 1.165) is 16.6 Å². The molecule has 0 fully saturated rings. The molecule has 0 radical (unpaired) electrons. The highest BCUT2D eigenvalue weighted by Gasteiger charge is 2.19. The predicted molar refractivity (Wildman–Crippen MR) is 97.9 cm³/mol. The maximum Gasteiger partial charge on any atom is 0.199 e. The lowest BCUT2D eigenvalue weighted by Gasteiger charge is -2.05. The van der Waals surface area contributed by atoms with Crippen molar-refractivity contribution in [3.8, 4) is 11.5 Å². The first kappa shape index (κ1) is 15.8. The lowest BCUT2D eigenvalue weighted by molar-refractivity contribution is -0.115. The third kappa shape index (κ3) is 2.98. The van der Waals surface area contributed by atoms with Crippen LogP contribution in [-0.4, -0.2) is 25.6 Å². The molecule has 26 heavy (non-hydrogen) atoms. The molecule has 0 amide bonds. The summed E-state index contributed by atoms with van der Waals surface area (Å²) in [6.45, 7) is 0.103. The second kappa shape index (κ2) is 6.64. The zero-order chi connectivity index (χ0) is 17.9. The van der Waals surface area contributed by atoms with Gasteiger partial charge in [-0.1, -0.05) is 48.5 Å². The van der Waals surface area contributed by atoms with Crippen molar-refractivity contribution >= 4 is 28.7 Å². The molecule has 0 spiro atoms. The van der Waals surface area contributed by atoms with E-state index >= 15 is 0 Å². The summed E-state index contributed by atoms with van der Waals surface area (Å²) >= 11 is 0. The molecule has 7 heteroatoms. The van der Waals surface area contributed by atoms with Crippen molar-refractivity contribution in [2.75, 3.05) is 5.73 Å². The molecule has 128 valence electrons. The fourth-order valence-electron chi connectivity index (χ4n) is 2.73. The quantitative estimate of drug-likeness (QED) is 0.558. The van der Waals surface area contributed by atoms with Crippen molar-refractivity contribution in [2.45, 2.75) is 6.54 Å².